The lowest BCUT2D eigenvalue weighted by Gasteiger charge is -2.00. The van der Waals surface area contributed by atoms with Gasteiger partial charge in [0.2, 0.25) is 0 Å². The minimum absolute atomic E-state index is 0.0217. The molecular formula is C8H12BrNO2. The van der Waals surface area contributed by atoms with Gasteiger partial charge in [-0.15, -0.1) is 0 Å². The quantitative estimate of drug-likeness (QED) is 0.871. The van der Waals surface area contributed by atoms with Crippen molar-refractivity contribution in [3.05, 3.63) is 15.9 Å². The second-order valence-corrected chi connectivity index (χ2v) is 3.88. The normalized spacial score (nSPS) is 11.1. The maximum atomic E-state index is 8.97. The van der Waals surface area contributed by atoms with Gasteiger partial charge in [-0.3, -0.25) is 0 Å². The first kappa shape index (κ1) is 9.74. The van der Waals surface area contributed by atoms with E-state index in [0.717, 1.165) is 17.7 Å². The molecule has 4 heteroatoms. The lowest BCUT2D eigenvalue weighted by molar-refractivity contribution is 0.275. The number of hydrogen-bond acceptors (Lipinski definition) is 3. The van der Waals surface area contributed by atoms with Crippen molar-refractivity contribution in [2.75, 3.05) is 0 Å². The van der Waals surface area contributed by atoms with Crippen LogP contribution in [0.3, 0.4) is 0 Å². The molecule has 0 fully saturated rings. The Balaban J connectivity index is 2.84. The molecule has 0 aromatic carbocycles. The van der Waals surface area contributed by atoms with Crippen molar-refractivity contribution in [2.24, 2.45) is 5.92 Å². The Morgan fingerprint density at radius 1 is 1.58 bits per heavy atom. The number of aliphatic hydroxyl groups is 1. The van der Waals surface area contributed by atoms with E-state index in [4.69, 9.17) is 9.63 Å². The van der Waals surface area contributed by atoms with Crippen LogP contribution in [0.1, 0.15) is 25.2 Å². The Kier molecular flexibility index (Phi) is 3.29. The molecule has 0 amide bonds. The van der Waals surface area contributed by atoms with Crippen LogP contribution < -0.4 is 0 Å². The fourth-order valence-corrected chi connectivity index (χ4v) is 1.42. The van der Waals surface area contributed by atoms with E-state index >= 15 is 0 Å². The topological polar surface area (TPSA) is 46.3 Å². The van der Waals surface area contributed by atoms with Gasteiger partial charge in [-0.05, 0) is 21.8 Å². The van der Waals surface area contributed by atoms with E-state index in [0.29, 0.717) is 10.5 Å². The van der Waals surface area contributed by atoms with E-state index in [1.165, 1.54) is 0 Å². The molecule has 1 heterocycles. The van der Waals surface area contributed by atoms with Crippen LogP contribution in [-0.2, 0) is 13.0 Å². The maximum absolute atomic E-state index is 8.97. The highest BCUT2D eigenvalue weighted by Gasteiger charge is 2.13. The first-order valence-electron chi connectivity index (χ1n) is 3.89. The Hall–Kier alpha value is -0.350. The zero-order chi connectivity index (χ0) is 9.14. The van der Waals surface area contributed by atoms with Gasteiger partial charge in [-0.25, -0.2) is 0 Å². The molecule has 0 saturated heterocycles. The van der Waals surface area contributed by atoms with Crippen LogP contribution in [0, 0.1) is 5.92 Å². The van der Waals surface area contributed by atoms with Crippen LogP contribution in [0.15, 0.2) is 9.13 Å². The number of hydrogen-bond donors (Lipinski definition) is 1. The Bertz CT molecular complexity index is 258. The van der Waals surface area contributed by atoms with E-state index in [9.17, 15) is 0 Å². The summed E-state index contributed by atoms with van der Waals surface area (Å²) < 4.78 is 5.65. The zero-order valence-electron chi connectivity index (χ0n) is 7.17. The minimum atomic E-state index is -0.0217. The average Bonchev–Trinajstić information content (AvgIpc) is 2.30. The summed E-state index contributed by atoms with van der Waals surface area (Å²) in [5.41, 5.74) is 0.767. The number of aromatic nitrogens is 1. The summed E-state index contributed by atoms with van der Waals surface area (Å²) in [5.74, 6) is 1.29. The molecule has 1 rings (SSSR count). The number of rotatable bonds is 3. The zero-order valence-corrected chi connectivity index (χ0v) is 8.76. The number of halogens is 1. The molecular weight excluding hydrogens is 222 g/mol. The SMILES string of the molecule is CC(C)Cc1onc(Br)c1CO. The van der Waals surface area contributed by atoms with Crippen LogP contribution >= 0.6 is 15.9 Å². The molecule has 3 nitrogen and oxygen atoms in total. The summed E-state index contributed by atoms with van der Waals surface area (Å²) >= 11 is 3.20. The van der Waals surface area contributed by atoms with E-state index in [1.807, 2.05) is 0 Å². The second-order valence-electron chi connectivity index (χ2n) is 3.13. The molecule has 0 spiro atoms. The second kappa shape index (κ2) is 4.05. The van der Waals surface area contributed by atoms with Gasteiger partial charge in [-0.2, -0.15) is 0 Å². The summed E-state index contributed by atoms with van der Waals surface area (Å²) in [5, 5.41) is 12.7. The standard InChI is InChI=1S/C8H12BrNO2/c1-5(2)3-7-6(4-11)8(9)10-12-7/h5,11H,3-4H2,1-2H3. The van der Waals surface area contributed by atoms with E-state index in [2.05, 4.69) is 34.9 Å². The predicted molar refractivity (Wildman–Crippen MR) is 48.7 cm³/mol. The fourth-order valence-electron chi connectivity index (χ4n) is 1.01. The first-order valence-corrected chi connectivity index (χ1v) is 4.68. The van der Waals surface area contributed by atoms with Crippen molar-refractivity contribution >= 4 is 15.9 Å². The lowest BCUT2D eigenvalue weighted by atomic mass is 10.1. The van der Waals surface area contributed by atoms with Gasteiger partial charge >= 0.3 is 0 Å². The van der Waals surface area contributed by atoms with Crippen LogP contribution in [0.2, 0.25) is 0 Å². The molecule has 12 heavy (non-hydrogen) atoms. The van der Waals surface area contributed by atoms with Crippen LogP contribution in [0.5, 0.6) is 0 Å². The molecule has 68 valence electrons. The largest absolute Gasteiger partial charge is 0.391 e. The number of aliphatic hydroxyl groups excluding tert-OH is 1. The predicted octanol–water partition coefficient (Wildman–Crippen LogP) is 2.13. The van der Waals surface area contributed by atoms with Crippen molar-refractivity contribution in [3.63, 3.8) is 0 Å². The summed E-state index contributed by atoms with van der Waals surface area (Å²) in [6.07, 6.45) is 0.814. The molecule has 0 aliphatic carbocycles. The van der Waals surface area contributed by atoms with Crippen LogP contribution in [0.25, 0.3) is 0 Å². The van der Waals surface area contributed by atoms with Gasteiger partial charge in [0.25, 0.3) is 0 Å². The molecule has 0 saturated carbocycles. The van der Waals surface area contributed by atoms with Gasteiger partial charge in [0, 0.05) is 6.42 Å². The molecule has 0 atom stereocenters. The molecule has 0 radical (unpaired) electrons. The highest BCUT2D eigenvalue weighted by atomic mass is 79.9. The monoisotopic (exact) mass is 233 g/mol. The number of nitrogens with zero attached hydrogens (tertiary/aromatic N) is 1. The first-order chi connectivity index (χ1) is 5.65. The fraction of sp³-hybridized carbons (Fsp3) is 0.625. The average molecular weight is 234 g/mol. The summed E-state index contributed by atoms with van der Waals surface area (Å²) in [4.78, 5) is 0. The highest BCUT2D eigenvalue weighted by Crippen LogP contribution is 2.21. The van der Waals surface area contributed by atoms with E-state index in [1.54, 1.807) is 0 Å². The molecule has 0 aliphatic rings. The third-order valence-electron chi connectivity index (χ3n) is 1.57. The third kappa shape index (κ3) is 2.08. The molecule has 0 aliphatic heterocycles. The van der Waals surface area contributed by atoms with Gasteiger partial charge in [0.05, 0.1) is 12.2 Å². The van der Waals surface area contributed by atoms with E-state index < -0.39 is 0 Å². The minimum Gasteiger partial charge on any atom is -0.391 e. The summed E-state index contributed by atoms with van der Waals surface area (Å²) in [6.45, 7) is 4.17. The van der Waals surface area contributed by atoms with Crippen molar-refractivity contribution in [2.45, 2.75) is 26.9 Å². The van der Waals surface area contributed by atoms with Crippen molar-refractivity contribution in [1.29, 1.82) is 0 Å². The van der Waals surface area contributed by atoms with E-state index in [-0.39, 0.29) is 6.61 Å². The van der Waals surface area contributed by atoms with Crippen molar-refractivity contribution < 1.29 is 9.63 Å². The van der Waals surface area contributed by atoms with Gasteiger partial charge in [0.1, 0.15) is 5.76 Å². The van der Waals surface area contributed by atoms with Crippen molar-refractivity contribution in [1.82, 2.24) is 5.16 Å². The van der Waals surface area contributed by atoms with Crippen LogP contribution in [0.4, 0.5) is 0 Å². The molecule has 1 aromatic heterocycles. The van der Waals surface area contributed by atoms with Gasteiger partial charge in [-0.1, -0.05) is 19.0 Å². The molecule has 1 N–H and O–H groups in total. The smallest absolute Gasteiger partial charge is 0.154 e. The molecule has 0 bridgehead atoms. The summed E-state index contributed by atoms with van der Waals surface area (Å²) in [7, 11) is 0. The van der Waals surface area contributed by atoms with Gasteiger partial charge < -0.3 is 9.63 Å². The maximum Gasteiger partial charge on any atom is 0.154 e. The Morgan fingerprint density at radius 3 is 2.75 bits per heavy atom. The molecule has 0 unspecified atom stereocenters. The lowest BCUT2D eigenvalue weighted by Crippen LogP contribution is -1.96. The van der Waals surface area contributed by atoms with Crippen LogP contribution in [-0.4, -0.2) is 10.3 Å². The third-order valence-corrected chi connectivity index (χ3v) is 2.20. The molecule has 1 aromatic rings. The highest BCUT2D eigenvalue weighted by molar-refractivity contribution is 9.10. The Labute approximate surface area is 79.9 Å². The van der Waals surface area contributed by atoms with Gasteiger partial charge in [0.15, 0.2) is 4.60 Å². The Morgan fingerprint density at radius 2 is 2.25 bits per heavy atom. The summed E-state index contributed by atoms with van der Waals surface area (Å²) in [6, 6.07) is 0. The van der Waals surface area contributed by atoms with Crippen molar-refractivity contribution in [3.8, 4) is 0 Å².